The minimum atomic E-state index is 0.518. The molecule has 0 saturated heterocycles. The van der Waals surface area contributed by atoms with Gasteiger partial charge in [0.1, 0.15) is 17.8 Å². The molecule has 0 bridgehead atoms. The van der Waals surface area contributed by atoms with Crippen molar-refractivity contribution >= 4 is 33.8 Å². The van der Waals surface area contributed by atoms with Gasteiger partial charge < -0.3 is 4.74 Å². The van der Waals surface area contributed by atoms with Crippen LogP contribution in [0.1, 0.15) is 10.4 Å². The number of hydrogen-bond acceptors (Lipinski definition) is 2. The largest absolute Gasteiger partial charge is 0.456 e. The Hall–Kier alpha value is -1.32. The van der Waals surface area contributed by atoms with Crippen LogP contribution in [0.25, 0.3) is 0 Å². The summed E-state index contributed by atoms with van der Waals surface area (Å²) < 4.78 is 6.49. The van der Waals surface area contributed by atoms with Gasteiger partial charge in [-0.2, -0.15) is 0 Å². The summed E-state index contributed by atoms with van der Waals surface area (Å²) in [6, 6.07) is 12.2. The van der Waals surface area contributed by atoms with Crippen LogP contribution in [0.15, 0.2) is 46.9 Å². The van der Waals surface area contributed by atoms with Crippen LogP contribution in [0.5, 0.6) is 11.5 Å². The molecule has 0 fully saturated rings. The highest BCUT2D eigenvalue weighted by atomic mass is 79.9. The number of benzene rings is 2. The summed E-state index contributed by atoms with van der Waals surface area (Å²) in [5.74, 6) is 1.12. The molecule has 86 valence electrons. The molecule has 0 N–H and O–H groups in total. The zero-order valence-corrected chi connectivity index (χ0v) is 11.0. The molecule has 0 aliphatic heterocycles. The van der Waals surface area contributed by atoms with E-state index in [9.17, 15) is 4.79 Å². The van der Waals surface area contributed by atoms with Crippen LogP contribution < -0.4 is 4.74 Å². The van der Waals surface area contributed by atoms with Crippen LogP contribution in [-0.2, 0) is 0 Å². The number of halogens is 2. The van der Waals surface area contributed by atoms with Gasteiger partial charge >= 0.3 is 0 Å². The molecule has 0 aliphatic carbocycles. The Labute approximate surface area is 112 Å². The predicted molar refractivity (Wildman–Crippen MR) is 71.1 cm³/mol. The smallest absolute Gasteiger partial charge is 0.150 e. The van der Waals surface area contributed by atoms with Gasteiger partial charge in [-0.3, -0.25) is 4.79 Å². The number of hydrogen-bond donors (Lipinski definition) is 0. The molecule has 2 nitrogen and oxygen atoms in total. The van der Waals surface area contributed by atoms with Gasteiger partial charge in [0.15, 0.2) is 0 Å². The number of ether oxygens (including phenoxy) is 1. The summed E-state index contributed by atoms with van der Waals surface area (Å²) in [6.45, 7) is 0. The van der Waals surface area contributed by atoms with Crippen molar-refractivity contribution < 1.29 is 9.53 Å². The Kier molecular flexibility index (Phi) is 3.82. The van der Waals surface area contributed by atoms with Crippen molar-refractivity contribution in [1.82, 2.24) is 0 Å². The lowest BCUT2D eigenvalue weighted by Gasteiger charge is -2.08. The van der Waals surface area contributed by atoms with Crippen LogP contribution in [0.3, 0.4) is 0 Å². The van der Waals surface area contributed by atoms with E-state index in [1.807, 2.05) is 6.07 Å². The van der Waals surface area contributed by atoms with E-state index in [-0.39, 0.29) is 0 Å². The fourth-order valence-corrected chi connectivity index (χ4v) is 1.83. The molecular weight excluding hydrogens is 303 g/mol. The molecule has 0 atom stereocenters. The summed E-state index contributed by atoms with van der Waals surface area (Å²) >= 11 is 9.35. The van der Waals surface area contributed by atoms with Gasteiger partial charge in [-0.05, 0) is 30.3 Å². The maximum absolute atomic E-state index is 10.6. The second kappa shape index (κ2) is 5.34. The zero-order chi connectivity index (χ0) is 12.3. The quantitative estimate of drug-likeness (QED) is 0.768. The highest BCUT2D eigenvalue weighted by Gasteiger charge is 2.04. The Morgan fingerprint density at radius 3 is 2.76 bits per heavy atom. The summed E-state index contributed by atoms with van der Waals surface area (Å²) in [7, 11) is 0. The van der Waals surface area contributed by atoms with Crippen molar-refractivity contribution in [2.75, 3.05) is 0 Å². The van der Waals surface area contributed by atoms with E-state index in [1.54, 1.807) is 36.4 Å². The first-order valence-corrected chi connectivity index (χ1v) is 6.04. The first-order valence-electron chi connectivity index (χ1n) is 4.87. The summed E-state index contributed by atoms with van der Waals surface area (Å²) in [5, 5.41) is 0.518. The molecule has 2 aromatic rings. The van der Waals surface area contributed by atoms with Crippen LogP contribution in [0, 0.1) is 0 Å². The predicted octanol–water partition coefficient (Wildman–Crippen LogP) is 4.71. The molecular formula is C13H8BrClO2. The summed E-state index contributed by atoms with van der Waals surface area (Å²) in [4.78, 5) is 10.6. The van der Waals surface area contributed by atoms with Crippen molar-refractivity contribution in [3.8, 4) is 11.5 Å². The Bertz CT molecular complexity index is 555. The lowest BCUT2D eigenvalue weighted by atomic mass is 10.2. The van der Waals surface area contributed by atoms with E-state index in [2.05, 4.69) is 15.9 Å². The molecule has 0 saturated carbocycles. The fraction of sp³-hybridized carbons (Fsp3) is 0. The molecule has 0 heterocycles. The van der Waals surface area contributed by atoms with Gasteiger partial charge in [-0.1, -0.05) is 39.7 Å². The Morgan fingerprint density at radius 2 is 2.00 bits per heavy atom. The molecule has 0 unspecified atom stereocenters. The minimum Gasteiger partial charge on any atom is -0.456 e. The van der Waals surface area contributed by atoms with Crippen molar-refractivity contribution in [3.63, 3.8) is 0 Å². The normalized spacial score (nSPS) is 10.0. The summed E-state index contributed by atoms with van der Waals surface area (Å²) in [6.07, 6.45) is 0.773. The first kappa shape index (κ1) is 12.1. The monoisotopic (exact) mass is 310 g/mol. The van der Waals surface area contributed by atoms with Gasteiger partial charge in [0.05, 0.1) is 5.02 Å². The lowest BCUT2D eigenvalue weighted by Crippen LogP contribution is -1.87. The van der Waals surface area contributed by atoms with Crippen molar-refractivity contribution in [2.45, 2.75) is 0 Å². The summed E-state index contributed by atoms with van der Waals surface area (Å²) in [5.41, 5.74) is 0.564. The number of carbonyl (C=O) groups excluding carboxylic acids is 1. The maximum Gasteiger partial charge on any atom is 0.150 e. The topological polar surface area (TPSA) is 26.3 Å². The Morgan fingerprint density at radius 1 is 1.18 bits per heavy atom. The van der Waals surface area contributed by atoms with E-state index < -0.39 is 0 Å². The Balaban J connectivity index is 2.30. The third kappa shape index (κ3) is 3.08. The second-order valence-corrected chi connectivity index (χ2v) is 4.69. The highest BCUT2D eigenvalue weighted by Crippen LogP contribution is 2.32. The van der Waals surface area contributed by atoms with Crippen molar-refractivity contribution in [1.29, 1.82) is 0 Å². The van der Waals surface area contributed by atoms with E-state index in [1.165, 1.54) is 0 Å². The van der Waals surface area contributed by atoms with E-state index in [0.29, 0.717) is 22.1 Å². The minimum absolute atomic E-state index is 0.518. The van der Waals surface area contributed by atoms with Gasteiger partial charge in [0, 0.05) is 10.0 Å². The molecule has 2 rings (SSSR count). The second-order valence-electron chi connectivity index (χ2n) is 3.37. The van der Waals surface area contributed by atoms with Crippen LogP contribution in [0.2, 0.25) is 5.02 Å². The van der Waals surface area contributed by atoms with Crippen LogP contribution >= 0.6 is 27.5 Å². The third-order valence-corrected chi connectivity index (χ3v) is 2.92. The number of rotatable bonds is 3. The van der Waals surface area contributed by atoms with Crippen molar-refractivity contribution in [2.24, 2.45) is 0 Å². The van der Waals surface area contributed by atoms with Gasteiger partial charge in [0.25, 0.3) is 0 Å². The van der Waals surface area contributed by atoms with Crippen LogP contribution in [0.4, 0.5) is 0 Å². The molecule has 0 radical (unpaired) electrons. The molecule has 0 amide bonds. The molecule has 2 aromatic carbocycles. The average Bonchev–Trinajstić information content (AvgIpc) is 2.34. The van der Waals surface area contributed by atoms with E-state index in [4.69, 9.17) is 16.3 Å². The van der Waals surface area contributed by atoms with Gasteiger partial charge in [0.2, 0.25) is 0 Å². The molecule has 17 heavy (non-hydrogen) atoms. The standard InChI is InChI=1S/C13H8BrClO2/c14-10-4-5-12(15)13(7-10)17-11-3-1-2-9(6-11)8-16/h1-8H. The van der Waals surface area contributed by atoms with E-state index >= 15 is 0 Å². The lowest BCUT2D eigenvalue weighted by molar-refractivity contribution is 0.112. The fourth-order valence-electron chi connectivity index (χ4n) is 1.33. The molecule has 4 heteroatoms. The SMILES string of the molecule is O=Cc1cccc(Oc2cc(Br)ccc2Cl)c1. The van der Waals surface area contributed by atoms with Crippen LogP contribution in [-0.4, -0.2) is 6.29 Å². The average molecular weight is 312 g/mol. The molecule has 0 aliphatic rings. The number of carbonyl (C=O) groups is 1. The van der Waals surface area contributed by atoms with Gasteiger partial charge in [-0.15, -0.1) is 0 Å². The first-order chi connectivity index (χ1) is 8.19. The molecule has 0 aromatic heterocycles. The highest BCUT2D eigenvalue weighted by molar-refractivity contribution is 9.10. The van der Waals surface area contributed by atoms with E-state index in [0.717, 1.165) is 10.8 Å². The maximum atomic E-state index is 10.6. The van der Waals surface area contributed by atoms with Crippen molar-refractivity contribution in [3.05, 3.63) is 57.5 Å². The number of aldehydes is 1. The zero-order valence-electron chi connectivity index (χ0n) is 8.69. The van der Waals surface area contributed by atoms with Gasteiger partial charge in [-0.25, -0.2) is 0 Å². The third-order valence-electron chi connectivity index (χ3n) is 2.12. The molecule has 0 spiro atoms.